The van der Waals surface area contributed by atoms with Gasteiger partial charge in [-0.25, -0.2) is 4.39 Å². The Bertz CT molecular complexity index is 479. The number of benzene rings is 1. The van der Waals surface area contributed by atoms with Crippen molar-refractivity contribution >= 4 is 15.9 Å². The summed E-state index contributed by atoms with van der Waals surface area (Å²) >= 11 is 3.21. The summed E-state index contributed by atoms with van der Waals surface area (Å²) in [5.41, 5.74) is 2.50. The third kappa shape index (κ3) is 13.4. The van der Waals surface area contributed by atoms with Crippen molar-refractivity contribution < 1.29 is 4.39 Å². The van der Waals surface area contributed by atoms with Gasteiger partial charge < -0.3 is 0 Å². The van der Waals surface area contributed by atoms with E-state index >= 15 is 0 Å². The van der Waals surface area contributed by atoms with Crippen LogP contribution in [-0.2, 0) is 0 Å². The fraction of sp³-hybridized carbons (Fsp3) is 0.368. The molecule has 0 spiro atoms. The quantitative estimate of drug-likeness (QED) is 0.412. The number of allylic oxidation sites excluding steroid dienone is 4. The van der Waals surface area contributed by atoms with E-state index in [9.17, 15) is 4.39 Å². The average molecular weight is 353 g/mol. The van der Waals surface area contributed by atoms with Crippen molar-refractivity contribution in [1.82, 2.24) is 0 Å². The molecule has 0 saturated carbocycles. The second-order valence-electron chi connectivity index (χ2n) is 4.30. The maximum atomic E-state index is 12.3. The van der Waals surface area contributed by atoms with Crippen molar-refractivity contribution in [2.24, 2.45) is 0 Å². The van der Waals surface area contributed by atoms with Gasteiger partial charge in [0.2, 0.25) is 0 Å². The first-order valence-electron chi connectivity index (χ1n) is 7.03. The Morgan fingerprint density at radius 1 is 1.38 bits per heavy atom. The van der Waals surface area contributed by atoms with Gasteiger partial charge in [-0.2, -0.15) is 0 Å². The number of halogens is 2. The van der Waals surface area contributed by atoms with E-state index in [1.807, 2.05) is 6.92 Å². The molecule has 1 rings (SSSR count). The predicted octanol–water partition coefficient (Wildman–Crippen LogP) is 6.85. The Morgan fingerprint density at radius 2 is 1.95 bits per heavy atom. The average Bonchev–Trinajstić information content (AvgIpc) is 2.44. The number of hydrogen-bond acceptors (Lipinski definition) is 0. The summed E-state index contributed by atoms with van der Waals surface area (Å²) in [4.78, 5) is 0. The topological polar surface area (TPSA) is 0 Å². The molecule has 0 aliphatic carbocycles. The van der Waals surface area contributed by atoms with Crippen molar-refractivity contribution in [2.45, 2.75) is 47.5 Å². The van der Waals surface area contributed by atoms with Gasteiger partial charge in [0.1, 0.15) is 5.82 Å². The molecule has 0 atom stereocenters. The highest BCUT2D eigenvalue weighted by atomic mass is 79.9. The molecular weight excluding hydrogens is 327 g/mol. The van der Waals surface area contributed by atoms with E-state index in [1.54, 1.807) is 13.0 Å². The van der Waals surface area contributed by atoms with E-state index in [2.05, 4.69) is 67.3 Å². The summed E-state index contributed by atoms with van der Waals surface area (Å²) in [5, 5.41) is 0. The molecule has 0 N–H and O–H groups in total. The highest BCUT2D eigenvalue weighted by Gasteiger charge is 1.93. The molecular formula is C19H26BrF. The smallest absolute Gasteiger partial charge is 0.124 e. The molecule has 0 aliphatic heterocycles. The van der Waals surface area contributed by atoms with Crippen molar-refractivity contribution in [2.75, 3.05) is 0 Å². The molecule has 0 aromatic heterocycles. The van der Waals surface area contributed by atoms with Crippen LogP contribution in [0.5, 0.6) is 0 Å². The summed E-state index contributed by atoms with van der Waals surface area (Å²) in [7, 11) is 0. The van der Waals surface area contributed by atoms with Crippen molar-refractivity contribution in [3.8, 4) is 12.3 Å². The Hall–Kier alpha value is -1.33. The number of hydrogen-bond donors (Lipinski definition) is 0. The molecule has 1 aromatic carbocycles. The van der Waals surface area contributed by atoms with Crippen LogP contribution in [-0.4, -0.2) is 0 Å². The number of aryl methyl sites for hydroxylation is 1. The molecule has 0 radical (unpaired) electrons. The van der Waals surface area contributed by atoms with E-state index < -0.39 is 0 Å². The van der Waals surface area contributed by atoms with Crippen molar-refractivity contribution in [3.63, 3.8) is 0 Å². The van der Waals surface area contributed by atoms with Gasteiger partial charge in [0.15, 0.2) is 0 Å². The Balaban J connectivity index is 0. The molecule has 116 valence electrons. The number of terminal acetylenes is 1. The third-order valence-corrected chi connectivity index (χ3v) is 3.28. The van der Waals surface area contributed by atoms with Gasteiger partial charge in [0, 0.05) is 4.47 Å². The fourth-order valence-corrected chi connectivity index (χ4v) is 1.74. The van der Waals surface area contributed by atoms with E-state index in [0.29, 0.717) is 0 Å². The zero-order valence-corrected chi connectivity index (χ0v) is 15.3. The Morgan fingerprint density at radius 3 is 2.29 bits per heavy atom. The Kier molecular flexibility index (Phi) is 15.8. The second kappa shape index (κ2) is 15.1. The first-order valence-corrected chi connectivity index (χ1v) is 7.82. The number of rotatable bonds is 3. The minimum Gasteiger partial charge on any atom is -0.207 e. The molecule has 0 amide bonds. The molecule has 2 heteroatoms. The lowest BCUT2D eigenvalue weighted by molar-refractivity contribution is 0.626. The lowest BCUT2D eigenvalue weighted by atomic mass is 10.1. The molecule has 0 heterocycles. The Labute approximate surface area is 138 Å². The van der Waals surface area contributed by atoms with Crippen LogP contribution < -0.4 is 0 Å². The van der Waals surface area contributed by atoms with Crippen LogP contribution in [0, 0.1) is 25.1 Å². The van der Waals surface area contributed by atoms with E-state index in [0.717, 1.165) is 10.0 Å². The van der Waals surface area contributed by atoms with Crippen LogP contribution in [0.3, 0.4) is 0 Å². The monoisotopic (exact) mass is 352 g/mol. The zero-order valence-electron chi connectivity index (χ0n) is 13.7. The van der Waals surface area contributed by atoms with Crippen LogP contribution in [0.1, 0.15) is 46.1 Å². The van der Waals surface area contributed by atoms with Gasteiger partial charge in [-0.05, 0) is 51.8 Å². The predicted molar refractivity (Wildman–Crippen MR) is 96.8 cm³/mol. The summed E-state index contributed by atoms with van der Waals surface area (Å²) in [6.07, 6.45) is 13.5. The largest absolute Gasteiger partial charge is 0.207 e. The van der Waals surface area contributed by atoms with Gasteiger partial charge in [0.05, 0.1) is 0 Å². The maximum Gasteiger partial charge on any atom is 0.124 e. The van der Waals surface area contributed by atoms with E-state index in [-0.39, 0.29) is 5.82 Å². The highest BCUT2D eigenvalue weighted by Crippen LogP contribution is 2.15. The van der Waals surface area contributed by atoms with Crippen LogP contribution in [0.25, 0.3) is 0 Å². The zero-order chi connectivity index (χ0) is 16.7. The lowest BCUT2D eigenvalue weighted by Gasteiger charge is -1.94. The maximum absolute atomic E-state index is 12.3. The van der Waals surface area contributed by atoms with Crippen LogP contribution in [0.2, 0.25) is 0 Å². The summed E-state index contributed by atoms with van der Waals surface area (Å²) in [5.74, 6) is 2.05. The fourth-order valence-electron chi connectivity index (χ4n) is 1.39. The molecule has 0 saturated heterocycles. The van der Waals surface area contributed by atoms with E-state index in [4.69, 9.17) is 0 Å². The molecule has 0 nitrogen and oxygen atoms in total. The van der Waals surface area contributed by atoms with Crippen LogP contribution in [0.4, 0.5) is 4.39 Å². The minimum atomic E-state index is -0.201. The molecule has 0 fully saturated rings. The van der Waals surface area contributed by atoms with Gasteiger partial charge in [-0.1, -0.05) is 59.1 Å². The second-order valence-corrected chi connectivity index (χ2v) is 5.15. The molecule has 1 aromatic rings. The standard InChI is InChI=1S/C9H16.C7H6BrF.C3H4/c1-4-7-9(6-3)8-5-2;1-5-2-3-6(9)4-7(5)8;1-3-2/h4,6-7H,5,8H2,1-3H3;2-4H,1H3;1H,2H3/b7-4-,9-6+;;. The molecule has 0 unspecified atom stereocenters. The summed E-state index contributed by atoms with van der Waals surface area (Å²) in [6, 6.07) is 4.63. The lowest BCUT2D eigenvalue weighted by Crippen LogP contribution is -1.76. The first kappa shape index (κ1) is 22.0. The third-order valence-electron chi connectivity index (χ3n) is 2.42. The molecule has 0 bridgehead atoms. The highest BCUT2D eigenvalue weighted by molar-refractivity contribution is 9.10. The van der Waals surface area contributed by atoms with Gasteiger partial charge in [-0.3, -0.25) is 0 Å². The normalized spacial score (nSPS) is 10.1. The van der Waals surface area contributed by atoms with Crippen molar-refractivity contribution in [3.05, 3.63) is 57.9 Å². The van der Waals surface area contributed by atoms with Crippen molar-refractivity contribution in [1.29, 1.82) is 0 Å². The van der Waals surface area contributed by atoms with E-state index in [1.165, 1.54) is 30.5 Å². The van der Waals surface area contributed by atoms with Gasteiger partial charge in [-0.15, -0.1) is 12.3 Å². The van der Waals surface area contributed by atoms with Crippen LogP contribution in [0.15, 0.2) is 46.5 Å². The summed E-state index contributed by atoms with van der Waals surface area (Å²) in [6.45, 7) is 9.92. The molecule has 21 heavy (non-hydrogen) atoms. The van der Waals surface area contributed by atoms with Crippen LogP contribution >= 0.6 is 15.9 Å². The van der Waals surface area contributed by atoms with Gasteiger partial charge >= 0.3 is 0 Å². The molecule has 0 aliphatic rings. The SMILES string of the molecule is C#CC.C/C=C\C(=C/C)CCC.Cc1ccc(F)cc1Br. The first-order chi connectivity index (χ1) is 9.96. The van der Waals surface area contributed by atoms with Gasteiger partial charge in [0.25, 0.3) is 0 Å². The summed E-state index contributed by atoms with van der Waals surface area (Å²) < 4.78 is 13.1. The minimum absolute atomic E-state index is 0.201.